The second kappa shape index (κ2) is 3.86. The molecule has 1 heterocycles. The zero-order valence-corrected chi connectivity index (χ0v) is 9.76. The number of rotatable bonds is 3. The Labute approximate surface area is 96.2 Å². The fraction of sp³-hybridized carbons (Fsp3) is 0.750. The molecule has 2 bridgehead atoms. The molecule has 0 aliphatic heterocycles. The molecule has 16 heavy (non-hydrogen) atoms. The average molecular weight is 220 g/mol. The Morgan fingerprint density at radius 3 is 2.88 bits per heavy atom. The van der Waals surface area contributed by atoms with Crippen LogP contribution in [0.15, 0.2) is 12.4 Å². The van der Waals surface area contributed by atoms with Gasteiger partial charge in [0.2, 0.25) is 0 Å². The fourth-order valence-electron chi connectivity index (χ4n) is 3.77. The number of hydrogen-bond donors (Lipinski definition) is 2. The van der Waals surface area contributed by atoms with Crippen molar-refractivity contribution in [2.45, 2.75) is 31.7 Å². The van der Waals surface area contributed by atoms with E-state index in [1.165, 1.54) is 31.2 Å². The van der Waals surface area contributed by atoms with E-state index in [-0.39, 0.29) is 0 Å². The number of hydrazine groups is 1. The molecule has 2 aliphatic carbocycles. The van der Waals surface area contributed by atoms with Crippen LogP contribution in [0, 0.1) is 17.8 Å². The van der Waals surface area contributed by atoms with Crippen molar-refractivity contribution >= 4 is 0 Å². The summed E-state index contributed by atoms with van der Waals surface area (Å²) in [5.74, 6) is 8.30. The molecular formula is C12H20N4. The first-order valence-electron chi connectivity index (χ1n) is 6.22. The summed E-state index contributed by atoms with van der Waals surface area (Å²) in [6.07, 6.45) is 9.61. The Morgan fingerprint density at radius 1 is 1.50 bits per heavy atom. The summed E-state index contributed by atoms with van der Waals surface area (Å²) in [6, 6.07) is 0.295. The first-order valence-corrected chi connectivity index (χ1v) is 6.22. The lowest BCUT2D eigenvalue weighted by molar-refractivity contribution is 0.252. The van der Waals surface area contributed by atoms with Gasteiger partial charge in [-0.3, -0.25) is 16.0 Å². The fourth-order valence-corrected chi connectivity index (χ4v) is 3.77. The SMILES string of the molecule is Cn1cc(C(NN)C2CC3CCC2C3)cn1. The van der Waals surface area contributed by atoms with Gasteiger partial charge in [-0.25, -0.2) is 0 Å². The molecule has 4 unspecified atom stereocenters. The molecule has 1 aromatic heterocycles. The quantitative estimate of drug-likeness (QED) is 0.597. The van der Waals surface area contributed by atoms with Crippen LogP contribution in [0.4, 0.5) is 0 Å². The lowest BCUT2D eigenvalue weighted by Crippen LogP contribution is -2.35. The number of fused-ring (bicyclic) bond motifs is 2. The number of nitrogens with one attached hydrogen (secondary N) is 1. The van der Waals surface area contributed by atoms with Gasteiger partial charge in [0.15, 0.2) is 0 Å². The topological polar surface area (TPSA) is 55.9 Å². The van der Waals surface area contributed by atoms with E-state index in [0.29, 0.717) is 12.0 Å². The van der Waals surface area contributed by atoms with E-state index in [9.17, 15) is 0 Å². The van der Waals surface area contributed by atoms with Gasteiger partial charge in [-0.15, -0.1) is 0 Å². The van der Waals surface area contributed by atoms with Gasteiger partial charge in [0.1, 0.15) is 0 Å². The van der Waals surface area contributed by atoms with Gasteiger partial charge >= 0.3 is 0 Å². The highest BCUT2D eigenvalue weighted by Crippen LogP contribution is 2.52. The van der Waals surface area contributed by atoms with Gasteiger partial charge in [0.05, 0.1) is 12.2 Å². The standard InChI is InChI=1S/C12H20N4/c1-16-7-10(6-14-16)12(15-13)11-5-8-2-3-9(11)4-8/h6-9,11-12,15H,2-5,13H2,1H3. The molecule has 0 aromatic carbocycles. The zero-order chi connectivity index (χ0) is 11.1. The Morgan fingerprint density at radius 2 is 2.38 bits per heavy atom. The Kier molecular flexibility index (Phi) is 2.48. The predicted octanol–water partition coefficient (Wildman–Crippen LogP) is 1.36. The van der Waals surface area contributed by atoms with Gasteiger partial charge < -0.3 is 0 Å². The van der Waals surface area contributed by atoms with Crippen LogP contribution in [-0.2, 0) is 7.05 Å². The van der Waals surface area contributed by atoms with Gasteiger partial charge in [0.25, 0.3) is 0 Å². The van der Waals surface area contributed by atoms with Crippen molar-refractivity contribution in [3.05, 3.63) is 18.0 Å². The van der Waals surface area contributed by atoms with E-state index in [1.807, 2.05) is 17.9 Å². The summed E-state index contributed by atoms with van der Waals surface area (Å²) in [5, 5.41) is 4.24. The van der Waals surface area contributed by atoms with E-state index in [4.69, 9.17) is 5.84 Å². The lowest BCUT2D eigenvalue weighted by Gasteiger charge is -2.29. The summed E-state index contributed by atoms with van der Waals surface area (Å²) < 4.78 is 1.85. The molecule has 0 radical (unpaired) electrons. The maximum atomic E-state index is 5.74. The summed E-state index contributed by atoms with van der Waals surface area (Å²) >= 11 is 0. The maximum Gasteiger partial charge on any atom is 0.0538 e. The van der Waals surface area contributed by atoms with Gasteiger partial charge in [-0.2, -0.15) is 5.10 Å². The highest BCUT2D eigenvalue weighted by Gasteiger charge is 2.43. The first-order chi connectivity index (χ1) is 7.78. The second-order valence-corrected chi connectivity index (χ2v) is 5.43. The van der Waals surface area contributed by atoms with Gasteiger partial charge in [-0.1, -0.05) is 6.42 Å². The molecule has 0 amide bonds. The first kappa shape index (κ1) is 10.3. The van der Waals surface area contributed by atoms with Crippen LogP contribution in [-0.4, -0.2) is 9.78 Å². The molecule has 3 N–H and O–H groups in total. The van der Waals surface area contributed by atoms with Crippen molar-refractivity contribution in [2.24, 2.45) is 30.6 Å². The van der Waals surface area contributed by atoms with Crippen molar-refractivity contribution in [3.63, 3.8) is 0 Å². The van der Waals surface area contributed by atoms with Crippen LogP contribution in [0.5, 0.6) is 0 Å². The van der Waals surface area contributed by atoms with E-state index < -0.39 is 0 Å². The van der Waals surface area contributed by atoms with Crippen LogP contribution < -0.4 is 11.3 Å². The molecule has 0 saturated heterocycles. The summed E-state index contributed by atoms with van der Waals surface area (Å²) in [5.41, 5.74) is 4.24. The van der Waals surface area contributed by atoms with Crippen molar-refractivity contribution in [1.82, 2.24) is 15.2 Å². The van der Waals surface area contributed by atoms with E-state index >= 15 is 0 Å². The van der Waals surface area contributed by atoms with E-state index in [0.717, 1.165) is 11.8 Å². The number of aryl methyl sites for hydroxylation is 1. The van der Waals surface area contributed by atoms with E-state index in [2.05, 4.69) is 16.7 Å². The molecule has 4 heteroatoms. The Bertz CT molecular complexity index is 373. The summed E-state index contributed by atoms with van der Waals surface area (Å²) in [4.78, 5) is 0. The molecule has 1 aromatic rings. The van der Waals surface area contributed by atoms with Crippen molar-refractivity contribution in [1.29, 1.82) is 0 Å². The molecule has 4 nitrogen and oxygen atoms in total. The monoisotopic (exact) mass is 220 g/mol. The minimum atomic E-state index is 0.295. The largest absolute Gasteiger partial charge is 0.275 e. The zero-order valence-electron chi connectivity index (χ0n) is 9.76. The number of nitrogens with zero attached hydrogens (tertiary/aromatic N) is 2. The Balaban J connectivity index is 1.81. The summed E-state index contributed by atoms with van der Waals surface area (Å²) in [7, 11) is 1.96. The lowest BCUT2D eigenvalue weighted by atomic mass is 9.81. The predicted molar refractivity (Wildman–Crippen MR) is 62.2 cm³/mol. The van der Waals surface area contributed by atoms with Gasteiger partial charge in [-0.05, 0) is 37.0 Å². The molecule has 4 atom stereocenters. The van der Waals surface area contributed by atoms with Crippen LogP contribution in [0.1, 0.15) is 37.3 Å². The molecule has 0 spiro atoms. The molecule has 88 valence electrons. The number of aromatic nitrogens is 2. The minimum absolute atomic E-state index is 0.295. The summed E-state index contributed by atoms with van der Waals surface area (Å²) in [6.45, 7) is 0. The smallest absolute Gasteiger partial charge is 0.0538 e. The van der Waals surface area contributed by atoms with E-state index in [1.54, 1.807) is 0 Å². The minimum Gasteiger partial charge on any atom is -0.275 e. The van der Waals surface area contributed by atoms with Crippen molar-refractivity contribution in [3.8, 4) is 0 Å². The normalized spacial score (nSPS) is 34.5. The molecule has 3 rings (SSSR count). The molecule has 2 aliphatic rings. The van der Waals surface area contributed by atoms with Crippen LogP contribution in [0.3, 0.4) is 0 Å². The van der Waals surface area contributed by atoms with Crippen molar-refractivity contribution in [2.75, 3.05) is 0 Å². The molecule has 2 saturated carbocycles. The van der Waals surface area contributed by atoms with Crippen LogP contribution >= 0.6 is 0 Å². The highest BCUT2D eigenvalue weighted by molar-refractivity contribution is 5.13. The molecule has 2 fully saturated rings. The third-order valence-corrected chi connectivity index (χ3v) is 4.48. The third-order valence-electron chi connectivity index (χ3n) is 4.48. The second-order valence-electron chi connectivity index (χ2n) is 5.43. The molecular weight excluding hydrogens is 200 g/mol. The van der Waals surface area contributed by atoms with Crippen LogP contribution in [0.2, 0.25) is 0 Å². The van der Waals surface area contributed by atoms with Crippen molar-refractivity contribution < 1.29 is 0 Å². The number of nitrogens with two attached hydrogens (primary N) is 1. The average Bonchev–Trinajstić information content (AvgIpc) is 2.96. The van der Waals surface area contributed by atoms with Crippen LogP contribution in [0.25, 0.3) is 0 Å². The number of hydrogen-bond acceptors (Lipinski definition) is 3. The highest BCUT2D eigenvalue weighted by atomic mass is 15.3. The van der Waals surface area contributed by atoms with Gasteiger partial charge in [0, 0.05) is 18.8 Å². The third kappa shape index (κ3) is 1.57. The maximum absolute atomic E-state index is 5.74. The Hall–Kier alpha value is -0.870.